The van der Waals surface area contributed by atoms with E-state index in [-0.39, 0.29) is 0 Å². The largest absolute Gasteiger partial charge is 0.257 e. The van der Waals surface area contributed by atoms with Crippen molar-refractivity contribution in [3.05, 3.63) is 6.42 Å². The first kappa shape index (κ1) is 4.09. The van der Waals surface area contributed by atoms with Crippen molar-refractivity contribution >= 4 is 0 Å². The molecule has 2 N–H and O–H groups in total. The van der Waals surface area contributed by atoms with Gasteiger partial charge in [-0.3, -0.25) is 10.9 Å². The maximum absolute atomic E-state index is 3.01. The first-order valence-corrected chi connectivity index (χ1v) is 2.21. The van der Waals surface area contributed by atoms with Crippen LogP contribution in [0.3, 0.4) is 0 Å². The van der Waals surface area contributed by atoms with Crippen molar-refractivity contribution in [2.75, 3.05) is 6.54 Å². The lowest BCUT2D eigenvalue weighted by Gasteiger charge is -1.94. The summed E-state index contributed by atoms with van der Waals surface area (Å²) in [7, 11) is 0. The summed E-state index contributed by atoms with van der Waals surface area (Å²) in [6.45, 7) is 3.11. The van der Waals surface area contributed by atoms with Gasteiger partial charge in [-0.2, -0.15) is 0 Å². The normalized spacial score (nSPS) is 34.5. The molecule has 0 aromatic carbocycles. The maximum atomic E-state index is 3.01. The summed E-state index contributed by atoms with van der Waals surface area (Å²) >= 11 is 0. The van der Waals surface area contributed by atoms with Crippen LogP contribution in [-0.4, -0.2) is 12.6 Å². The van der Waals surface area contributed by atoms with Crippen LogP contribution in [-0.2, 0) is 0 Å². The molecule has 1 aliphatic heterocycles. The van der Waals surface area contributed by atoms with E-state index in [0.29, 0.717) is 6.04 Å². The SMILES string of the molecule is CC1[CH]CNN1. The second-order valence-corrected chi connectivity index (χ2v) is 1.55. The van der Waals surface area contributed by atoms with Gasteiger partial charge >= 0.3 is 0 Å². The fourth-order valence-electron chi connectivity index (χ4n) is 0.515. The van der Waals surface area contributed by atoms with Gasteiger partial charge in [0, 0.05) is 12.6 Å². The first-order valence-electron chi connectivity index (χ1n) is 2.21. The van der Waals surface area contributed by atoms with Crippen LogP contribution >= 0.6 is 0 Å². The van der Waals surface area contributed by atoms with Crippen LogP contribution in [0.25, 0.3) is 0 Å². The highest BCUT2D eigenvalue weighted by atomic mass is 15.4. The van der Waals surface area contributed by atoms with Gasteiger partial charge in [0.2, 0.25) is 0 Å². The van der Waals surface area contributed by atoms with Gasteiger partial charge in [-0.05, 0) is 13.3 Å². The molecule has 0 bridgehead atoms. The molecular weight excluding hydrogens is 76.1 g/mol. The van der Waals surface area contributed by atoms with Gasteiger partial charge in [0.25, 0.3) is 0 Å². The van der Waals surface area contributed by atoms with Crippen LogP contribution in [0, 0.1) is 6.42 Å². The molecule has 0 aromatic rings. The van der Waals surface area contributed by atoms with Crippen molar-refractivity contribution in [3.8, 4) is 0 Å². The van der Waals surface area contributed by atoms with Gasteiger partial charge in [0.05, 0.1) is 0 Å². The molecular formula is C4H9N2. The molecule has 2 nitrogen and oxygen atoms in total. The minimum Gasteiger partial charge on any atom is -0.257 e. The summed E-state index contributed by atoms with van der Waals surface area (Å²) in [6.07, 6.45) is 2.18. The number of hydrazine groups is 1. The van der Waals surface area contributed by atoms with Gasteiger partial charge in [-0.1, -0.05) is 0 Å². The van der Waals surface area contributed by atoms with E-state index in [1.165, 1.54) is 0 Å². The Hall–Kier alpha value is -0.0800. The molecule has 0 aromatic heterocycles. The molecule has 1 atom stereocenters. The van der Waals surface area contributed by atoms with Crippen LogP contribution < -0.4 is 10.9 Å². The van der Waals surface area contributed by atoms with Crippen molar-refractivity contribution in [2.24, 2.45) is 0 Å². The number of nitrogens with one attached hydrogen (secondary N) is 2. The van der Waals surface area contributed by atoms with E-state index in [0.717, 1.165) is 6.54 Å². The topological polar surface area (TPSA) is 24.1 Å². The summed E-state index contributed by atoms with van der Waals surface area (Å²) < 4.78 is 0. The van der Waals surface area contributed by atoms with Crippen molar-refractivity contribution in [2.45, 2.75) is 13.0 Å². The van der Waals surface area contributed by atoms with Crippen LogP contribution in [0.5, 0.6) is 0 Å². The molecule has 0 amide bonds. The second-order valence-electron chi connectivity index (χ2n) is 1.55. The van der Waals surface area contributed by atoms with Gasteiger partial charge in [0.15, 0.2) is 0 Å². The average molecular weight is 85.1 g/mol. The molecule has 1 fully saturated rings. The molecule has 1 heterocycles. The summed E-state index contributed by atoms with van der Waals surface area (Å²) in [5.74, 6) is 0. The van der Waals surface area contributed by atoms with Gasteiger partial charge in [-0.25, -0.2) is 0 Å². The molecule has 6 heavy (non-hydrogen) atoms. The average Bonchev–Trinajstić information content (AvgIpc) is 1.86. The summed E-state index contributed by atoms with van der Waals surface area (Å²) in [5, 5.41) is 0. The molecule has 0 saturated carbocycles. The fourth-order valence-corrected chi connectivity index (χ4v) is 0.515. The Kier molecular flexibility index (Phi) is 1.08. The van der Waals surface area contributed by atoms with Gasteiger partial charge in [0.1, 0.15) is 0 Å². The quantitative estimate of drug-likeness (QED) is 0.421. The maximum Gasteiger partial charge on any atom is 0.0229 e. The van der Waals surface area contributed by atoms with Crippen molar-refractivity contribution in [1.29, 1.82) is 0 Å². The summed E-state index contributed by atoms with van der Waals surface area (Å²) in [5.41, 5.74) is 5.98. The molecule has 35 valence electrons. The van der Waals surface area contributed by atoms with Gasteiger partial charge in [-0.15, -0.1) is 0 Å². The van der Waals surface area contributed by atoms with Crippen LogP contribution in [0.4, 0.5) is 0 Å². The van der Waals surface area contributed by atoms with Crippen molar-refractivity contribution in [1.82, 2.24) is 10.9 Å². The zero-order chi connectivity index (χ0) is 4.41. The van der Waals surface area contributed by atoms with E-state index in [1.54, 1.807) is 0 Å². The van der Waals surface area contributed by atoms with Crippen molar-refractivity contribution < 1.29 is 0 Å². The minimum absolute atomic E-state index is 0.560. The highest BCUT2D eigenvalue weighted by molar-refractivity contribution is 4.84. The third kappa shape index (κ3) is 0.698. The second kappa shape index (κ2) is 1.58. The van der Waals surface area contributed by atoms with Crippen molar-refractivity contribution in [3.63, 3.8) is 0 Å². The number of rotatable bonds is 0. The lowest BCUT2D eigenvalue weighted by molar-refractivity contribution is 0.608. The molecule has 0 spiro atoms. The fraction of sp³-hybridized carbons (Fsp3) is 0.750. The zero-order valence-electron chi connectivity index (χ0n) is 3.86. The highest BCUT2D eigenvalue weighted by Gasteiger charge is 2.05. The van der Waals surface area contributed by atoms with E-state index in [1.807, 2.05) is 0 Å². The third-order valence-corrected chi connectivity index (χ3v) is 0.903. The predicted molar refractivity (Wildman–Crippen MR) is 24.9 cm³/mol. The zero-order valence-corrected chi connectivity index (χ0v) is 3.86. The monoisotopic (exact) mass is 85.1 g/mol. The highest BCUT2D eigenvalue weighted by Crippen LogP contribution is 1.88. The summed E-state index contributed by atoms with van der Waals surface area (Å²) in [4.78, 5) is 0. The Bertz CT molecular complexity index is 38.8. The Balaban J connectivity index is 2.18. The minimum atomic E-state index is 0.560. The third-order valence-electron chi connectivity index (χ3n) is 0.903. The van der Waals surface area contributed by atoms with Crippen LogP contribution in [0.1, 0.15) is 6.92 Å². The standard InChI is InChI=1S/C4H9N2/c1-4-2-3-5-6-4/h2,4-6H,3H2,1H3. The van der Waals surface area contributed by atoms with E-state index in [9.17, 15) is 0 Å². The molecule has 1 saturated heterocycles. The smallest absolute Gasteiger partial charge is 0.0229 e. The lowest BCUT2D eigenvalue weighted by atomic mass is 10.3. The molecule has 1 rings (SSSR count). The van der Waals surface area contributed by atoms with E-state index in [2.05, 4.69) is 24.2 Å². The Morgan fingerprint density at radius 2 is 2.67 bits per heavy atom. The molecule has 1 unspecified atom stereocenters. The predicted octanol–water partition coefficient (Wildman–Crippen LogP) is -0.313. The van der Waals surface area contributed by atoms with E-state index >= 15 is 0 Å². The van der Waals surface area contributed by atoms with Gasteiger partial charge < -0.3 is 0 Å². The summed E-state index contributed by atoms with van der Waals surface area (Å²) in [6, 6.07) is 0.560. The Morgan fingerprint density at radius 1 is 1.83 bits per heavy atom. The van der Waals surface area contributed by atoms with Crippen LogP contribution in [0.15, 0.2) is 0 Å². The lowest BCUT2D eigenvalue weighted by Crippen LogP contribution is -2.27. The number of hydrogen-bond donors (Lipinski definition) is 2. The Morgan fingerprint density at radius 3 is 2.83 bits per heavy atom. The molecule has 2 heteroatoms. The molecule has 1 aliphatic rings. The van der Waals surface area contributed by atoms with E-state index in [4.69, 9.17) is 0 Å². The molecule has 1 radical (unpaired) electrons. The van der Waals surface area contributed by atoms with E-state index < -0.39 is 0 Å². The molecule has 0 aliphatic carbocycles. The first-order chi connectivity index (χ1) is 2.89. The number of hydrogen-bond acceptors (Lipinski definition) is 2. The Labute approximate surface area is 37.9 Å². The van der Waals surface area contributed by atoms with Crippen LogP contribution in [0.2, 0.25) is 0 Å².